The lowest BCUT2D eigenvalue weighted by Crippen LogP contribution is -2.66. The van der Waals surface area contributed by atoms with Crippen LogP contribution >= 0.6 is 0 Å². The van der Waals surface area contributed by atoms with Gasteiger partial charge in [-0.1, -0.05) is 31.0 Å². The predicted octanol–water partition coefficient (Wildman–Crippen LogP) is 2.94. The third-order valence-electron chi connectivity index (χ3n) is 6.81. The molecule has 3 atom stereocenters. The summed E-state index contributed by atoms with van der Waals surface area (Å²) >= 11 is 0. The van der Waals surface area contributed by atoms with Gasteiger partial charge in [-0.15, -0.1) is 0 Å². The van der Waals surface area contributed by atoms with Crippen molar-refractivity contribution in [3.05, 3.63) is 35.4 Å². The molecule has 2 bridgehead atoms. The number of ether oxygens (including phenoxy) is 1. The molecule has 0 aromatic heterocycles. The van der Waals surface area contributed by atoms with Crippen molar-refractivity contribution in [2.45, 2.75) is 56.0 Å². The molecule has 2 heteroatoms. The van der Waals surface area contributed by atoms with E-state index in [1.807, 2.05) is 0 Å². The van der Waals surface area contributed by atoms with E-state index in [9.17, 15) is 0 Å². The van der Waals surface area contributed by atoms with E-state index in [1.54, 1.807) is 11.1 Å². The van der Waals surface area contributed by atoms with Crippen molar-refractivity contribution in [1.82, 2.24) is 4.90 Å². The summed E-state index contributed by atoms with van der Waals surface area (Å²) < 4.78 is 5.48. The zero-order valence-electron chi connectivity index (χ0n) is 12.7. The lowest BCUT2D eigenvalue weighted by molar-refractivity contribution is -0.120. The average Bonchev–Trinajstić information content (AvgIpc) is 2.48. The first-order valence-corrected chi connectivity index (χ1v) is 8.71. The number of hydrogen-bond acceptors (Lipinski definition) is 2. The number of rotatable bonds is 1. The molecule has 3 fully saturated rings. The van der Waals surface area contributed by atoms with Crippen molar-refractivity contribution in [2.75, 3.05) is 19.8 Å². The third kappa shape index (κ3) is 1.66. The van der Waals surface area contributed by atoms with Crippen LogP contribution in [0.4, 0.5) is 0 Å². The molecule has 5 rings (SSSR count). The number of nitrogens with zero attached hydrogens (tertiary/aromatic N) is 1. The molecule has 1 aromatic rings. The van der Waals surface area contributed by atoms with Crippen molar-refractivity contribution in [3.63, 3.8) is 0 Å². The molecule has 1 aromatic carbocycles. The van der Waals surface area contributed by atoms with E-state index >= 15 is 0 Å². The SMILES string of the molecule is [c]1ccc2c(c1)[C@@]13CCCC[C@H]1[C@@H](C2)N(C1COC1)CC3. The van der Waals surface area contributed by atoms with Gasteiger partial charge in [0.25, 0.3) is 0 Å². The number of likely N-dealkylation sites (tertiary alicyclic amines) is 1. The van der Waals surface area contributed by atoms with Gasteiger partial charge in [-0.3, -0.25) is 4.90 Å². The highest BCUT2D eigenvalue weighted by Crippen LogP contribution is 2.56. The van der Waals surface area contributed by atoms with Crippen molar-refractivity contribution in [1.29, 1.82) is 0 Å². The van der Waals surface area contributed by atoms with Gasteiger partial charge >= 0.3 is 0 Å². The van der Waals surface area contributed by atoms with Crippen LogP contribution < -0.4 is 0 Å². The molecule has 1 radical (unpaired) electrons. The fourth-order valence-electron chi connectivity index (χ4n) is 5.79. The number of hydrogen-bond donors (Lipinski definition) is 0. The second-order valence-electron chi connectivity index (χ2n) is 7.54. The molecule has 2 aliphatic carbocycles. The molecule has 0 unspecified atom stereocenters. The second-order valence-corrected chi connectivity index (χ2v) is 7.54. The zero-order valence-corrected chi connectivity index (χ0v) is 12.7. The fraction of sp³-hybridized carbons (Fsp3) is 0.684. The van der Waals surface area contributed by atoms with E-state index in [4.69, 9.17) is 4.74 Å². The van der Waals surface area contributed by atoms with Crippen molar-refractivity contribution >= 4 is 0 Å². The van der Waals surface area contributed by atoms with Gasteiger partial charge in [-0.05, 0) is 55.3 Å². The minimum absolute atomic E-state index is 0.482. The summed E-state index contributed by atoms with van der Waals surface area (Å²) in [5, 5.41) is 0. The van der Waals surface area contributed by atoms with Crippen LogP contribution in [0.5, 0.6) is 0 Å². The summed E-state index contributed by atoms with van der Waals surface area (Å²) in [6.07, 6.45) is 8.31. The van der Waals surface area contributed by atoms with Gasteiger partial charge < -0.3 is 4.74 Å². The minimum Gasteiger partial charge on any atom is -0.378 e. The first-order chi connectivity index (χ1) is 10.4. The van der Waals surface area contributed by atoms with Gasteiger partial charge in [-0.2, -0.15) is 0 Å². The molecule has 0 spiro atoms. The van der Waals surface area contributed by atoms with Crippen LogP contribution in [0.2, 0.25) is 0 Å². The molecule has 2 aliphatic heterocycles. The number of fused-ring (bicyclic) bond motifs is 1. The summed E-state index contributed by atoms with van der Waals surface area (Å²) in [5.74, 6) is 0.879. The summed E-state index contributed by atoms with van der Waals surface area (Å²) in [6.45, 7) is 3.21. The molecule has 0 N–H and O–H groups in total. The molecule has 0 amide bonds. The van der Waals surface area contributed by atoms with Crippen LogP contribution in [0, 0.1) is 12.0 Å². The van der Waals surface area contributed by atoms with Crippen molar-refractivity contribution in [3.8, 4) is 0 Å². The number of piperidine rings is 1. The predicted molar refractivity (Wildman–Crippen MR) is 82.3 cm³/mol. The monoisotopic (exact) mass is 282 g/mol. The first kappa shape index (κ1) is 12.7. The lowest BCUT2D eigenvalue weighted by Gasteiger charge is -2.61. The number of benzene rings is 1. The largest absolute Gasteiger partial charge is 0.378 e. The topological polar surface area (TPSA) is 12.5 Å². The first-order valence-electron chi connectivity index (χ1n) is 8.71. The van der Waals surface area contributed by atoms with Gasteiger partial charge in [0.2, 0.25) is 0 Å². The van der Waals surface area contributed by atoms with Gasteiger partial charge in [-0.25, -0.2) is 0 Å². The smallest absolute Gasteiger partial charge is 0.0645 e. The maximum absolute atomic E-state index is 5.48. The molecule has 1 saturated carbocycles. The molecule has 4 aliphatic rings. The Kier molecular flexibility index (Phi) is 2.75. The van der Waals surface area contributed by atoms with Gasteiger partial charge in [0.15, 0.2) is 0 Å². The van der Waals surface area contributed by atoms with Crippen LogP contribution in [0.1, 0.15) is 43.2 Å². The summed E-state index contributed by atoms with van der Waals surface area (Å²) in [7, 11) is 0. The Morgan fingerprint density at radius 2 is 2.19 bits per heavy atom. The minimum atomic E-state index is 0.482. The molecule has 21 heavy (non-hydrogen) atoms. The van der Waals surface area contributed by atoms with E-state index in [0.717, 1.165) is 25.2 Å². The molecule has 2 saturated heterocycles. The summed E-state index contributed by atoms with van der Waals surface area (Å²) in [4.78, 5) is 2.82. The highest BCUT2D eigenvalue weighted by Gasteiger charge is 2.55. The van der Waals surface area contributed by atoms with Crippen LogP contribution in [-0.2, 0) is 16.6 Å². The van der Waals surface area contributed by atoms with E-state index in [0.29, 0.717) is 11.5 Å². The molecule has 2 nitrogen and oxygen atoms in total. The van der Waals surface area contributed by atoms with Crippen LogP contribution in [-0.4, -0.2) is 36.7 Å². The third-order valence-corrected chi connectivity index (χ3v) is 6.81. The Labute approximate surface area is 127 Å². The van der Waals surface area contributed by atoms with E-state index in [1.165, 1.54) is 45.1 Å². The van der Waals surface area contributed by atoms with Crippen LogP contribution in [0.25, 0.3) is 0 Å². The van der Waals surface area contributed by atoms with Crippen molar-refractivity contribution in [2.24, 2.45) is 5.92 Å². The fourth-order valence-corrected chi connectivity index (χ4v) is 5.79. The Morgan fingerprint density at radius 3 is 3.05 bits per heavy atom. The maximum Gasteiger partial charge on any atom is 0.0645 e. The maximum atomic E-state index is 5.48. The molecule has 111 valence electrons. The summed E-state index contributed by atoms with van der Waals surface area (Å²) in [6, 6.07) is 11.6. The molecular formula is C19H24NO. The van der Waals surface area contributed by atoms with E-state index < -0.39 is 0 Å². The Balaban J connectivity index is 1.61. The quantitative estimate of drug-likeness (QED) is 0.785. The van der Waals surface area contributed by atoms with Gasteiger partial charge in [0.1, 0.15) is 0 Å². The Morgan fingerprint density at radius 1 is 1.24 bits per heavy atom. The Hall–Kier alpha value is -0.860. The Bertz CT molecular complexity index is 552. The van der Waals surface area contributed by atoms with Gasteiger partial charge in [0, 0.05) is 11.5 Å². The summed E-state index contributed by atoms with van der Waals surface area (Å²) in [5.41, 5.74) is 3.76. The van der Waals surface area contributed by atoms with E-state index in [2.05, 4.69) is 29.2 Å². The highest BCUT2D eigenvalue weighted by molar-refractivity contribution is 5.41. The molecular weight excluding hydrogens is 258 g/mol. The van der Waals surface area contributed by atoms with Crippen molar-refractivity contribution < 1.29 is 4.74 Å². The second kappa shape index (κ2) is 4.57. The normalized spacial score (nSPS) is 39.2. The van der Waals surface area contributed by atoms with Crippen LogP contribution in [0.15, 0.2) is 18.2 Å². The lowest BCUT2D eigenvalue weighted by atomic mass is 9.52. The molecule has 2 heterocycles. The standard InChI is InChI=1S/C19H24NO/c1-2-6-16-14(5-1)11-18-17-7-3-4-8-19(16,17)9-10-20(18)15-12-21-13-15/h1,5-6,15,17-18H,3-4,7-13H2/t17-,18+,19-/m0/s1. The average molecular weight is 282 g/mol. The highest BCUT2D eigenvalue weighted by atomic mass is 16.5. The van der Waals surface area contributed by atoms with Gasteiger partial charge in [0.05, 0.1) is 19.3 Å². The van der Waals surface area contributed by atoms with E-state index in [-0.39, 0.29) is 0 Å². The zero-order chi connectivity index (χ0) is 13.9. The van der Waals surface area contributed by atoms with Crippen LogP contribution in [0.3, 0.4) is 0 Å².